The van der Waals surface area contributed by atoms with Crippen molar-refractivity contribution in [3.05, 3.63) is 29.3 Å². The second-order valence-corrected chi connectivity index (χ2v) is 7.65. The van der Waals surface area contributed by atoms with E-state index in [1.54, 1.807) is 4.90 Å². The van der Waals surface area contributed by atoms with E-state index in [-0.39, 0.29) is 5.41 Å². The Hall–Kier alpha value is -1.50. The van der Waals surface area contributed by atoms with Crippen molar-refractivity contribution < 1.29 is 15.0 Å². The minimum atomic E-state index is -1.46. The zero-order valence-corrected chi connectivity index (χ0v) is 13.5. The highest BCUT2D eigenvalue weighted by Crippen LogP contribution is 2.32. The molecule has 1 aliphatic rings. The van der Waals surface area contributed by atoms with Gasteiger partial charge in [-0.1, -0.05) is 26.0 Å². The van der Waals surface area contributed by atoms with Gasteiger partial charge in [-0.15, -0.1) is 11.3 Å². The molecule has 1 saturated heterocycles. The minimum absolute atomic E-state index is 0.0657. The summed E-state index contributed by atoms with van der Waals surface area (Å²) < 4.78 is 0.929. The summed E-state index contributed by atoms with van der Waals surface area (Å²) in [6.45, 7) is 5.41. The van der Waals surface area contributed by atoms with Crippen LogP contribution >= 0.6 is 11.3 Å². The van der Waals surface area contributed by atoms with Crippen molar-refractivity contribution in [2.75, 3.05) is 13.1 Å². The number of fused-ring (bicyclic) bond motifs is 1. The highest BCUT2D eigenvalue weighted by molar-refractivity contribution is 7.18. The summed E-state index contributed by atoms with van der Waals surface area (Å²) in [7, 11) is 0. The lowest BCUT2D eigenvalue weighted by molar-refractivity contribution is -0.145. The first-order valence-electron chi connectivity index (χ1n) is 7.38. The van der Waals surface area contributed by atoms with Gasteiger partial charge in [-0.05, 0) is 24.0 Å². The van der Waals surface area contributed by atoms with Gasteiger partial charge in [0.25, 0.3) is 5.91 Å². The first-order chi connectivity index (χ1) is 10.4. The molecule has 2 N–H and O–H groups in total. The molecular formula is C16H20N2O3S. The zero-order valence-electron chi connectivity index (χ0n) is 12.7. The third kappa shape index (κ3) is 2.86. The molecule has 0 spiro atoms. The van der Waals surface area contributed by atoms with E-state index in [1.165, 1.54) is 11.3 Å². The van der Waals surface area contributed by atoms with E-state index in [1.807, 2.05) is 24.3 Å². The number of likely N-dealkylation sites (tertiary alicyclic amines) is 1. The maximum Gasteiger partial charge on any atom is 0.254 e. The number of rotatable bonds is 3. The largest absolute Gasteiger partial charge is 0.383 e. The molecule has 0 saturated carbocycles. The van der Waals surface area contributed by atoms with Crippen molar-refractivity contribution in [2.24, 2.45) is 5.41 Å². The molecule has 2 heterocycles. The van der Waals surface area contributed by atoms with Crippen molar-refractivity contribution in [3.8, 4) is 0 Å². The van der Waals surface area contributed by atoms with E-state index < -0.39 is 18.1 Å². The van der Waals surface area contributed by atoms with Gasteiger partial charge in [-0.3, -0.25) is 4.79 Å². The lowest BCUT2D eigenvalue weighted by Crippen LogP contribution is -2.41. The van der Waals surface area contributed by atoms with E-state index in [0.717, 1.165) is 16.6 Å². The maximum atomic E-state index is 12.4. The highest BCUT2D eigenvalue weighted by Gasteiger charge is 2.37. The summed E-state index contributed by atoms with van der Waals surface area (Å²) in [5, 5.41) is 20.9. The number of amides is 1. The number of aromatic nitrogens is 1. The quantitative estimate of drug-likeness (QED) is 0.906. The number of benzene rings is 1. The van der Waals surface area contributed by atoms with Crippen LogP contribution in [0.3, 0.4) is 0 Å². The van der Waals surface area contributed by atoms with Crippen LogP contribution in [0.4, 0.5) is 0 Å². The number of nitrogens with zero attached hydrogens (tertiary/aromatic N) is 2. The Morgan fingerprint density at radius 1 is 1.36 bits per heavy atom. The molecule has 1 aliphatic heterocycles. The van der Waals surface area contributed by atoms with Gasteiger partial charge in [0.05, 0.1) is 10.2 Å². The van der Waals surface area contributed by atoms with Gasteiger partial charge >= 0.3 is 0 Å². The van der Waals surface area contributed by atoms with Crippen molar-refractivity contribution in [1.29, 1.82) is 0 Å². The summed E-state index contributed by atoms with van der Waals surface area (Å²) in [4.78, 5) is 18.3. The lowest BCUT2D eigenvalue weighted by Gasteiger charge is -2.24. The van der Waals surface area contributed by atoms with Crippen molar-refractivity contribution >= 4 is 27.5 Å². The van der Waals surface area contributed by atoms with E-state index in [4.69, 9.17) is 0 Å². The summed E-state index contributed by atoms with van der Waals surface area (Å²) in [6.07, 6.45) is -1.84. The number of thiazole rings is 1. The first-order valence-corrected chi connectivity index (χ1v) is 8.19. The number of carbonyl (C=O) groups is 1. The third-order valence-corrected chi connectivity index (χ3v) is 5.21. The van der Waals surface area contributed by atoms with E-state index in [9.17, 15) is 15.0 Å². The SMILES string of the molecule is CC1(C)CCN(C(=O)[C@@H](O)[C@@H](O)c2nc3ccccc3s2)C1. The molecule has 0 unspecified atom stereocenters. The molecule has 1 fully saturated rings. The second kappa shape index (κ2) is 5.61. The Morgan fingerprint density at radius 3 is 2.73 bits per heavy atom. The van der Waals surface area contributed by atoms with Crippen LogP contribution in [0.25, 0.3) is 10.2 Å². The number of hydrogen-bond donors (Lipinski definition) is 2. The van der Waals surface area contributed by atoms with Crippen LogP contribution in [0.2, 0.25) is 0 Å². The predicted molar refractivity (Wildman–Crippen MR) is 85.6 cm³/mol. The van der Waals surface area contributed by atoms with Crippen LogP contribution in [0.5, 0.6) is 0 Å². The van der Waals surface area contributed by atoms with Gasteiger partial charge in [-0.25, -0.2) is 4.98 Å². The van der Waals surface area contributed by atoms with Gasteiger partial charge in [-0.2, -0.15) is 0 Å². The smallest absolute Gasteiger partial charge is 0.254 e. The predicted octanol–water partition coefficient (Wildman–Crippen LogP) is 1.95. The van der Waals surface area contributed by atoms with Crippen LogP contribution in [-0.2, 0) is 4.79 Å². The van der Waals surface area contributed by atoms with Gasteiger partial charge < -0.3 is 15.1 Å². The fourth-order valence-corrected chi connectivity index (χ4v) is 3.76. The molecule has 6 heteroatoms. The van der Waals surface area contributed by atoms with E-state index in [2.05, 4.69) is 18.8 Å². The fraction of sp³-hybridized carbons (Fsp3) is 0.500. The average Bonchev–Trinajstić information content (AvgIpc) is 3.07. The van der Waals surface area contributed by atoms with Gasteiger partial charge in [0, 0.05) is 13.1 Å². The Balaban J connectivity index is 1.76. The van der Waals surface area contributed by atoms with Crippen LogP contribution in [0.15, 0.2) is 24.3 Å². The van der Waals surface area contributed by atoms with Gasteiger partial charge in [0.2, 0.25) is 0 Å². The Bertz CT molecular complexity index is 665. The number of carbonyl (C=O) groups excluding carboxylic acids is 1. The summed E-state index contributed by atoms with van der Waals surface area (Å²) in [5.41, 5.74) is 0.833. The van der Waals surface area contributed by atoms with Crippen molar-refractivity contribution in [2.45, 2.75) is 32.5 Å². The van der Waals surface area contributed by atoms with Crippen LogP contribution in [0.1, 0.15) is 31.4 Å². The Morgan fingerprint density at radius 2 is 2.09 bits per heavy atom. The number of hydrogen-bond acceptors (Lipinski definition) is 5. The molecule has 0 radical (unpaired) electrons. The second-order valence-electron chi connectivity index (χ2n) is 6.58. The molecule has 118 valence electrons. The highest BCUT2D eigenvalue weighted by atomic mass is 32.1. The molecule has 0 aliphatic carbocycles. The molecule has 1 amide bonds. The molecule has 2 aromatic rings. The van der Waals surface area contributed by atoms with Crippen LogP contribution in [0, 0.1) is 5.41 Å². The Kier molecular flexibility index (Phi) is 3.92. The summed E-state index contributed by atoms with van der Waals surface area (Å²) in [5.74, 6) is -0.419. The van der Waals surface area contributed by atoms with Crippen LogP contribution < -0.4 is 0 Å². The van der Waals surface area contributed by atoms with Gasteiger partial charge in [0.15, 0.2) is 6.10 Å². The molecule has 2 atom stereocenters. The molecule has 1 aromatic heterocycles. The fourth-order valence-electron chi connectivity index (χ4n) is 2.77. The normalized spacial score (nSPS) is 20.3. The van der Waals surface area contributed by atoms with Crippen molar-refractivity contribution in [1.82, 2.24) is 9.88 Å². The first kappa shape index (κ1) is 15.4. The third-order valence-electron chi connectivity index (χ3n) is 4.10. The number of aliphatic hydroxyl groups excluding tert-OH is 2. The number of aliphatic hydroxyl groups is 2. The van der Waals surface area contributed by atoms with Gasteiger partial charge in [0.1, 0.15) is 11.1 Å². The van der Waals surface area contributed by atoms with Crippen LogP contribution in [-0.4, -0.2) is 45.2 Å². The topological polar surface area (TPSA) is 73.7 Å². The number of para-hydroxylation sites is 1. The monoisotopic (exact) mass is 320 g/mol. The summed E-state index contributed by atoms with van der Waals surface area (Å²) in [6, 6.07) is 7.51. The van der Waals surface area contributed by atoms with E-state index >= 15 is 0 Å². The molecular weight excluding hydrogens is 300 g/mol. The summed E-state index contributed by atoms with van der Waals surface area (Å²) >= 11 is 1.30. The lowest BCUT2D eigenvalue weighted by atomic mass is 9.93. The standard InChI is InChI=1S/C16H20N2O3S/c1-16(2)7-8-18(9-16)15(21)13(20)12(19)14-17-10-5-3-4-6-11(10)22-14/h3-6,12-13,19-20H,7-9H2,1-2H3/t12-,13+/m1/s1. The van der Waals surface area contributed by atoms with E-state index in [0.29, 0.717) is 18.1 Å². The molecule has 3 rings (SSSR count). The minimum Gasteiger partial charge on any atom is -0.383 e. The Labute approximate surface area is 133 Å². The van der Waals surface area contributed by atoms with Crippen molar-refractivity contribution in [3.63, 3.8) is 0 Å². The molecule has 22 heavy (non-hydrogen) atoms. The maximum absolute atomic E-state index is 12.4. The molecule has 0 bridgehead atoms. The molecule has 1 aromatic carbocycles. The average molecular weight is 320 g/mol. The zero-order chi connectivity index (χ0) is 15.9. The molecule has 5 nitrogen and oxygen atoms in total.